The number of hydrogen-bond acceptors (Lipinski definition) is 15. The monoisotopic (exact) mass is 573 g/mol. The van der Waals surface area contributed by atoms with Crippen molar-refractivity contribution in [3.8, 4) is 0 Å². The Morgan fingerprint density at radius 2 is 1.55 bits per heavy atom. The number of hydrazine groups is 2. The summed E-state index contributed by atoms with van der Waals surface area (Å²) < 4.78 is 0. The van der Waals surface area contributed by atoms with Crippen molar-refractivity contribution >= 4 is 47.1 Å². The van der Waals surface area contributed by atoms with Crippen LogP contribution >= 0.6 is 0 Å². The number of nitrogens with one attached hydrogen (secondary N) is 5. The van der Waals surface area contributed by atoms with E-state index in [2.05, 4.69) is 26.5 Å². The SMILES string of the molecule is C[C@@H](CCCCNN[C@@H](CO)C(=O)C(=O)CNN[C@@H](CO)C(=O)NC(=O)CC(=O)ON1C(=O)CCC1=O)C(N)=O. The largest absolute Gasteiger partial charge is 0.394 e. The van der Waals surface area contributed by atoms with Crippen LogP contribution in [0.5, 0.6) is 0 Å². The normalized spacial score (nSPS) is 15.3. The summed E-state index contributed by atoms with van der Waals surface area (Å²) in [7, 11) is 0. The smallest absolute Gasteiger partial charge is 0.342 e. The molecule has 0 radical (unpaired) electrons. The van der Waals surface area contributed by atoms with Crippen molar-refractivity contribution < 1.29 is 53.4 Å². The molecule has 0 aromatic carbocycles. The van der Waals surface area contributed by atoms with E-state index in [0.29, 0.717) is 25.8 Å². The van der Waals surface area contributed by atoms with Crippen LogP contribution in [0.3, 0.4) is 0 Å². The molecule has 224 valence electrons. The summed E-state index contributed by atoms with van der Waals surface area (Å²) in [5.74, 6) is -7.68. The number of hydroxylamine groups is 2. The van der Waals surface area contributed by atoms with Gasteiger partial charge in [0, 0.05) is 25.3 Å². The maximum absolute atomic E-state index is 12.3. The number of nitrogens with two attached hydrogens (primary N) is 1. The standard InChI is InChI=1S/C22H35N7O11/c1-12(21(23)38)4-2-3-7-24-27-13(10-30)20(37)15(32)9-25-28-14(11-31)22(39)26-16(33)8-19(36)40-29-17(34)5-6-18(29)35/h12-14,24-25,27-28,30-31H,2-11H2,1H3,(H2,23,38)(H,26,33,39)/t12-,13-,14-/m0/s1. The van der Waals surface area contributed by atoms with Crippen LogP contribution in [0.25, 0.3) is 0 Å². The Hall–Kier alpha value is -3.68. The first-order valence-corrected chi connectivity index (χ1v) is 12.4. The molecule has 9 N–H and O–H groups in total. The fraction of sp³-hybridized carbons (Fsp3) is 0.636. The summed E-state index contributed by atoms with van der Waals surface area (Å²) in [6, 6.07) is -2.75. The van der Waals surface area contributed by atoms with Gasteiger partial charge in [-0.3, -0.25) is 44.3 Å². The number of rotatable bonds is 20. The third-order valence-corrected chi connectivity index (χ3v) is 5.52. The van der Waals surface area contributed by atoms with Crippen LogP contribution in [0, 0.1) is 5.92 Å². The summed E-state index contributed by atoms with van der Waals surface area (Å²) >= 11 is 0. The molecular weight excluding hydrogens is 538 g/mol. The lowest BCUT2D eigenvalue weighted by atomic mass is 10.0. The minimum atomic E-state index is -1.49. The first-order chi connectivity index (χ1) is 18.9. The highest BCUT2D eigenvalue weighted by atomic mass is 16.7. The quantitative estimate of drug-likeness (QED) is 0.0222. The molecule has 0 aromatic rings. The zero-order chi connectivity index (χ0) is 30.2. The highest BCUT2D eigenvalue weighted by Gasteiger charge is 2.33. The second-order valence-electron chi connectivity index (χ2n) is 8.76. The van der Waals surface area contributed by atoms with Crippen molar-refractivity contribution in [3.63, 3.8) is 0 Å². The van der Waals surface area contributed by atoms with E-state index in [1.807, 2.05) is 0 Å². The van der Waals surface area contributed by atoms with Crippen LogP contribution in [0.4, 0.5) is 0 Å². The van der Waals surface area contributed by atoms with Crippen LogP contribution < -0.4 is 32.8 Å². The van der Waals surface area contributed by atoms with Crippen molar-refractivity contribution in [1.82, 2.24) is 32.1 Å². The van der Waals surface area contributed by atoms with Gasteiger partial charge in [0.15, 0.2) is 0 Å². The van der Waals surface area contributed by atoms with Gasteiger partial charge in [-0.1, -0.05) is 13.3 Å². The molecule has 1 fully saturated rings. The van der Waals surface area contributed by atoms with E-state index < -0.39 is 85.3 Å². The lowest BCUT2D eigenvalue weighted by molar-refractivity contribution is -0.197. The van der Waals surface area contributed by atoms with E-state index in [0.717, 1.165) is 0 Å². The van der Waals surface area contributed by atoms with Gasteiger partial charge in [0.2, 0.25) is 29.3 Å². The number of amides is 5. The number of nitrogens with zero attached hydrogens (tertiary/aromatic N) is 1. The summed E-state index contributed by atoms with van der Waals surface area (Å²) in [5, 5.41) is 20.8. The highest BCUT2D eigenvalue weighted by molar-refractivity contribution is 6.40. The Morgan fingerprint density at radius 3 is 2.12 bits per heavy atom. The van der Waals surface area contributed by atoms with E-state index in [1.165, 1.54) is 0 Å². The zero-order valence-electron chi connectivity index (χ0n) is 21.9. The maximum Gasteiger partial charge on any atom is 0.342 e. The predicted molar refractivity (Wildman–Crippen MR) is 131 cm³/mol. The molecule has 1 rings (SSSR count). The third kappa shape index (κ3) is 12.0. The molecule has 0 unspecified atom stereocenters. The number of carbonyl (C=O) groups excluding carboxylic acids is 8. The van der Waals surface area contributed by atoms with Crippen molar-refractivity contribution in [2.45, 2.75) is 57.5 Å². The Bertz CT molecular complexity index is 959. The van der Waals surface area contributed by atoms with Crippen LogP contribution in [-0.4, -0.2) is 101 Å². The van der Waals surface area contributed by atoms with Gasteiger partial charge in [-0.05, 0) is 12.8 Å². The topological polar surface area (TPSA) is 276 Å². The van der Waals surface area contributed by atoms with Crippen LogP contribution in [0.2, 0.25) is 0 Å². The number of primary amides is 1. The van der Waals surface area contributed by atoms with E-state index in [9.17, 15) is 48.6 Å². The molecule has 1 heterocycles. The van der Waals surface area contributed by atoms with Crippen molar-refractivity contribution in [2.75, 3.05) is 26.3 Å². The zero-order valence-corrected chi connectivity index (χ0v) is 21.9. The van der Waals surface area contributed by atoms with E-state index >= 15 is 0 Å². The number of carbonyl (C=O) groups is 8. The Morgan fingerprint density at radius 1 is 0.950 bits per heavy atom. The molecule has 5 amide bonds. The van der Waals surface area contributed by atoms with Gasteiger partial charge in [0.05, 0.1) is 19.8 Å². The lowest BCUT2D eigenvalue weighted by Gasteiger charge is -2.18. The molecule has 0 aliphatic carbocycles. The average molecular weight is 574 g/mol. The molecule has 0 aromatic heterocycles. The second-order valence-corrected chi connectivity index (χ2v) is 8.76. The number of aliphatic hydroxyl groups excluding tert-OH is 2. The fourth-order valence-electron chi connectivity index (χ4n) is 3.12. The number of ketones is 2. The Balaban J connectivity index is 2.36. The molecule has 3 atom stereocenters. The Kier molecular flexibility index (Phi) is 15.3. The van der Waals surface area contributed by atoms with Crippen molar-refractivity contribution in [1.29, 1.82) is 0 Å². The van der Waals surface area contributed by atoms with Gasteiger partial charge in [-0.25, -0.2) is 21.1 Å². The maximum atomic E-state index is 12.3. The summed E-state index contributed by atoms with van der Waals surface area (Å²) in [4.78, 5) is 98.6. The van der Waals surface area contributed by atoms with Gasteiger partial charge in [-0.2, -0.15) is 0 Å². The molecule has 40 heavy (non-hydrogen) atoms. The molecule has 1 aliphatic heterocycles. The highest BCUT2D eigenvalue weighted by Crippen LogP contribution is 2.12. The van der Waals surface area contributed by atoms with Crippen molar-refractivity contribution in [2.24, 2.45) is 11.7 Å². The molecule has 0 spiro atoms. The number of imide groups is 2. The van der Waals surface area contributed by atoms with Gasteiger partial charge in [-0.15, -0.1) is 5.06 Å². The van der Waals surface area contributed by atoms with Crippen LogP contribution in [0.1, 0.15) is 45.4 Å². The molecule has 1 saturated heterocycles. The molecule has 18 heteroatoms. The molecular formula is C22H35N7O11. The van der Waals surface area contributed by atoms with Crippen molar-refractivity contribution in [3.05, 3.63) is 0 Å². The minimum absolute atomic E-state index is 0.143. The number of Topliss-reactive ketones (excluding diaryl/α,β-unsaturated/α-hetero) is 2. The number of unbranched alkanes of at least 4 members (excludes halogenated alkanes) is 1. The van der Waals surface area contributed by atoms with Crippen LogP contribution in [0.15, 0.2) is 0 Å². The molecule has 18 nitrogen and oxygen atoms in total. The summed E-state index contributed by atoms with van der Waals surface area (Å²) in [6.07, 6.45) is 0.597. The Labute approximate surface area is 228 Å². The van der Waals surface area contributed by atoms with Gasteiger partial charge >= 0.3 is 5.97 Å². The summed E-state index contributed by atoms with van der Waals surface area (Å²) in [6.45, 7) is -0.123. The minimum Gasteiger partial charge on any atom is -0.394 e. The number of aliphatic hydroxyl groups is 2. The summed E-state index contributed by atoms with van der Waals surface area (Å²) in [5.41, 5.74) is 14.9. The van der Waals surface area contributed by atoms with E-state index in [-0.39, 0.29) is 23.8 Å². The second kappa shape index (κ2) is 17.8. The first kappa shape index (κ1) is 34.3. The predicted octanol–water partition coefficient (Wildman–Crippen LogP) is -5.03. The van der Waals surface area contributed by atoms with Gasteiger partial charge in [0.1, 0.15) is 18.5 Å². The average Bonchev–Trinajstić information content (AvgIpc) is 3.21. The third-order valence-electron chi connectivity index (χ3n) is 5.52. The van der Waals surface area contributed by atoms with E-state index in [1.54, 1.807) is 12.2 Å². The van der Waals surface area contributed by atoms with Gasteiger partial charge < -0.3 is 20.8 Å². The lowest BCUT2D eigenvalue weighted by Crippen LogP contribution is -2.56. The van der Waals surface area contributed by atoms with E-state index in [4.69, 9.17) is 5.73 Å². The molecule has 0 bridgehead atoms. The fourth-order valence-corrected chi connectivity index (χ4v) is 3.12. The van der Waals surface area contributed by atoms with Crippen LogP contribution in [-0.2, 0) is 43.2 Å². The first-order valence-electron chi connectivity index (χ1n) is 12.4. The molecule has 1 aliphatic rings. The molecule has 0 saturated carbocycles. The number of hydrogen-bond donors (Lipinski definition) is 8. The van der Waals surface area contributed by atoms with Gasteiger partial charge in [0.25, 0.3) is 11.8 Å².